The van der Waals surface area contributed by atoms with Gasteiger partial charge in [0.25, 0.3) is 10.0 Å². The lowest BCUT2D eigenvalue weighted by Crippen LogP contribution is -2.12. The fraction of sp³-hybridized carbons (Fsp3) is 0.231. The van der Waals surface area contributed by atoms with Crippen LogP contribution < -0.4 is 15.2 Å². The highest BCUT2D eigenvalue weighted by Gasteiger charge is 2.22. The molecule has 0 spiro atoms. The van der Waals surface area contributed by atoms with Gasteiger partial charge in [-0.05, 0) is 46.6 Å². The van der Waals surface area contributed by atoms with Crippen molar-refractivity contribution in [3.05, 3.63) is 40.3 Å². The van der Waals surface area contributed by atoms with E-state index in [0.29, 0.717) is 17.2 Å². The number of ether oxygens (including phenoxy) is 1. The molecule has 0 saturated heterocycles. The number of benzene rings is 1. The zero-order valence-electron chi connectivity index (χ0n) is 11.5. The van der Waals surface area contributed by atoms with Crippen LogP contribution in [0.25, 0.3) is 0 Å². The lowest BCUT2D eigenvalue weighted by Gasteiger charge is -2.09. The van der Waals surface area contributed by atoms with Crippen molar-refractivity contribution in [1.29, 1.82) is 0 Å². The first-order chi connectivity index (χ1) is 9.87. The molecule has 1 heterocycles. The number of hydrogen-bond donors (Lipinski definition) is 2. The van der Waals surface area contributed by atoms with Crippen molar-refractivity contribution in [3.8, 4) is 5.75 Å². The predicted octanol–water partition coefficient (Wildman–Crippen LogP) is 2.62. The molecular weight excluding hydrogens is 360 g/mol. The molecule has 0 aliphatic rings. The Morgan fingerprint density at radius 1 is 1.38 bits per heavy atom. The second kappa shape index (κ2) is 6.08. The highest BCUT2D eigenvalue weighted by Crippen LogP contribution is 2.29. The van der Waals surface area contributed by atoms with Crippen LogP contribution in [0.5, 0.6) is 5.75 Å². The monoisotopic (exact) mass is 374 g/mol. The number of aryl methyl sites for hydroxylation is 1. The number of nitrogens with two attached hydrogens (primary N) is 1. The fourth-order valence-corrected chi connectivity index (χ4v) is 3.88. The molecule has 0 saturated carbocycles. The minimum atomic E-state index is -3.76. The quantitative estimate of drug-likeness (QED) is 0.838. The van der Waals surface area contributed by atoms with Gasteiger partial charge in [-0.15, -0.1) is 0 Å². The summed E-state index contributed by atoms with van der Waals surface area (Å²) >= 11 is 3.08. The number of sulfonamides is 1. The summed E-state index contributed by atoms with van der Waals surface area (Å²) in [6.07, 6.45) is 0. The molecule has 0 bridgehead atoms. The summed E-state index contributed by atoms with van der Waals surface area (Å²) in [6, 6.07) is 6.40. The smallest absolute Gasteiger partial charge is 0.266 e. The summed E-state index contributed by atoms with van der Waals surface area (Å²) in [4.78, 5) is 0.0106. The first-order valence-corrected chi connectivity index (χ1v) is 8.30. The number of nitrogens with one attached hydrogen (secondary N) is 1. The molecule has 0 fully saturated rings. The highest BCUT2D eigenvalue weighted by atomic mass is 79.9. The number of anilines is 1. The second-order valence-electron chi connectivity index (χ2n) is 4.34. The van der Waals surface area contributed by atoms with Crippen LogP contribution in [0.3, 0.4) is 0 Å². The molecule has 0 aliphatic carbocycles. The van der Waals surface area contributed by atoms with Gasteiger partial charge in [0.1, 0.15) is 16.4 Å². The van der Waals surface area contributed by atoms with Crippen molar-refractivity contribution in [2.75, 3.05) is 11.8 Å². The number of methoxy groups -OCH3 is 1. The highest BCUT2D eigenvalue weighted by molar-refractivity contribution is 9.10. The van der Waals surface area contributed by atoms with E-state index >= 15 is 0 Å². The number of halogens is 1. The fourth-order valence-electron chi connectivity index (χ4n) is 1.83. The maximum atomic E-state index is 12.3. The average molecular weight is 375 g/mol. The van der Waals surface area contributed by atoms with E-state index in [9.17, 15) is 8.42 Å². The zero-order chi connectivity index (χ0) is 15.6. The van der Waals surface area contributed by atoms with E-state index in [1.165, 1.54) is 6.07 Å². The maximum absolute atomic E-state index is 12.3. The van der Waals surface area contributed by atoms with Gasteiger partial charge in [-0.3, -0.25) is 4.72 Å². The van der Waals surface area contributed by atoms with Gasteiger partial charge >= 0.3 is 0 Å². The van der Waals surface area contributed by atoms with E-state index in [1.807, 2.05) is 6.92 Å². The third-order valence-electron chi connectivity index (χ3n) is 2.84. The largest absolute Gasteiger partial charge is 0.496 e. The summed E-state index contributed by atoms with van der Waals surface area (Å²) < 4.78 is 37.6. The molecular formula is C13H15BrN2O4S. The normalized spacial score (nSPS) is 11.4. The van der Waals surface area contributed by atoms with Gasteiger partial charge < -0.3 is 14.9 Å². The summed E-state index contributed by atoms with van der Waals surface area (Å²) in [7, 11) is -2.20. The third-order valence-corrected chi connectivity index (χ3v) is 5.08. The first kappa shape index (κ1) is 15.9. The van der Waals surface area contributed by atoms with Gasteiger partial charge in [0.05, 0.1) is 13.7 Å². The van der Waals surface area contributed by atoms with E-state index < -0.39 is 10.0 Å². The van der Waals surface area contributed by atoms with Crippen molar-refractivity contribution < 1.29 is 17.6 Å². The molecule has 1 aromatic carbocycles. The van der Waals surface area contributed by atoms with Crippen LogP contribution in [0.15, 0.2) is 38.2 Å². The predicted molar refractivity (Wildman–Crippen MR) is 82.8 cm³/mol. The van der Waals surface area contributed by atoms with Crippen LogP contribution in [0.2, 0.25) is 0 Å². The molecule has 2 aromatic rings. The summed E-state index contributed by atoms with van der Waals surface area (Å²) in [6.45, 7) is 1.95. The molecule has 0 amide bonds. The molecule has 114 valence electrons. The summed E-state index contributed by atoms with van der Waals surface area (Å²) in [5.74, 6) is 1.07. The van der Waals surface area contributed by atoms with Gasteiger partial charge in [0.15, 0.2) is 4.67 Å². The molecule has 1 aromatic heterocycles. The van der Waals surface area contributed by atoms with Crippen molar-refractivity contribution in [2.45, 2.75) is 18.4 Å². The molecule has 2 rings (SSSR count). The van der Waals surface area contributed by atoms with Crippen LogP contribution in [0.4, 0.5) is 5.69 Å². The van der Waals surface area contributed by atoms with Gasteiger partial charge in [-0.1, -0.05) is 0 Å². The molecule has 0 aliphatic heterocycles. The van der Waals surface area contributed by atoms with E-state index in [1.54, 1.807) is 25.3 Å². The summed E-state index contributed by atoms with van der Waals surface area (Å²) in [5, 5.41) is 0. The Labute approximate surface area is 131 Å². The lowest BCUT2D eigenvalue weighted by molar-refractivity contribution is 0.412. The van der Waals surface area contributed by atoms with Crippen LogP contribution in [-0.2, 0) is 16.6 Å². The Hall–Kier alpha value is -1.51. The van der Waals surface area contributed by atoms with Crippen molar-refractivity contribution >= 4 is 31.6 Å². The lowest BCUT2D eigenvalue weighted by atomic mass is 10.2. The average Bonchev–Trinajstić information content (AvgIpc) is 2.81. The van der Waals surface area contributed by atoms with Gasteiger partial charge in [0, 0.05) is 11.8 Å². The third kappa shape index (κ3) is 3.39. The van der Waals surface area contributed by atoms with E-state index in [4.69, 9.17) is 14.9 Å². The maximum Gasteiger partial charge on any atom is 0.266 e. The Bertz CT molecular complexity index is 756. The molecule has 0 atom stereocenters. The van der Waals surface area contributed by atoms with E-state index in [2.05, 4.69) is 20.7 Å². The molecule has 6 nitrogen and oxygen atoms in total. The second-order valence-corrected chi connectivity index (χ2v) is 6.72. The minimum Gasteiger partial charge on any atom is -0.496 e. The number of hydrogen-bond acceptors (Lipinski definition) is 5. The molecule has 0 unspecified atom stereocenters. The van der Waals surface area contributed by atoms with Crippen molar-refractivity contribution in [3.63, 3.8) is 0 Å². The molecule has 21 heavy (non-hydrogen) atoms. The Morgan fingerprint density at radius 3 is 2.62 bits per heavy atom. The standard InChI is InChI=1S/C13H15BrN2O4S/c1-8-5-9(3-4-11(8)19-2)16-21(17,18)12-6-10(7-15)20-13(12)14/h3-6,16H,7,15H2,1-2H3. The summed E-state index contributed by atoms with van der Waals surface area (Å²) in [5.41, 5.74) is 6.70. The van der Waals surface area contributed by atoms with Crippen LogP contribution in [0.1, 0.15) is 11.3 Å². The SMILES string of the molecule is COc1ccc(NS(=O)(=O)c2cc(CN)oc2Br)cc1C. The van der Waals surface area contributed by atoms with Crippen molar-refractivity contribution in [2.24, 2.45) is 5.73 Å². The zero-order valence-corrected chi connectivity index (χ0v) is 13.9. The number of furan rings is 1. The van der Waals surface area contributed by atoms with Crippen LogP contribution in [-0.4, -0.2) is 15.5 Å². The first-order valence-electron chi connectivity index (χ1n) is 6.03. The van der Waals surface area contributed by atoms with Gasteiger partial charge in [-0.25, -0.2) is 8.42 Å². The minimum absolute atomic E-state index is 0.0106. The van der Waals surface area contributed by atoms with E-state index in [0.717, 1.165) is 5.56 Å². The Kier molecular flexibility index (Phi) is 4.60. The molecule has 3 N–H and O–H groups in total. The van der Waals surface area contributed by atoms with Crippen LogP contribution in [0, 0.1) is 6.92 Å². The van der Waals surface area contributed by atoms with E-state index in [-0.39, 0.29) is 16.1 Å². The Morgan fingerprint density at radius 2 is 2.10 bits per heavy atom. The molecule has 8 heteroatoms. The Balaban J connectivity index is 2.32. The van der Waals surface area contributed by atoms with Gasteiger partial charge in [0.2, 0.25) is 0 Å². The van der Waals surface area contributed by atoms with Crippen LogP contribution >= 0.6 is 15.9 Å². The molecule has 0 radical (unpaired) electrons. The van der Waals surface area contributed by atoms with Gasteiger partial charge in [-0.2, -0.15) is 0 Å². The topological polar surface area (TPSA) is 94.6 Å². The van der Waals surface area contributed by atoms with Crippen molar-refractivity contribution in [1.82, 2.24) is 0 Å². The number of rotatable bonds is 5.